The van der Waals surface area contributed by atoms with Gasteiger partial charge in [-0.3, -0.25) is 4.79 Å². The van der Waals surface area contributed by atoms with Gasteiger partial charge in [0.1, 0.15) is 29.6 Å². The van der Waals surface area contributed by atoms with Gasteiger partial charge in [-0.2, -0.15) is 0 Å². The maximum Gasteiger partial charge on any atom is 0.408 e. The standard InChI is InChI=1S/C29H39N3O8/c1-29(2,3)40-28(36)32-23(25(33)31-21-15-16-24(37-4)22(18-21)26(34)38-5)14-10-7-11-17-30-27(35)39-19-20-12-8-6-9-13-20/h6,8-9,12-13,15-16,18,23H,7,10-11,14,17,19H2,1-5H3,(H,30,35)(H,31,33)(H,32,36)/t23-/m0/s1. The van der Waals surface area contributed by atoms with Crippen molar-refractivity contribution in [1.82, 2.24) is 10.6 Å². The molecule has 1 atom stereocenters. The van der Waals surface area contributed by atoms with Crippen molar-refractivity contribution < 1.29 is 38.1 Å². The van der Waals surface area contributed by atoms with E-state index < -0.39 is 35.7 Å². The molecule has 0 bridgehead atoms. The van der Waals surface area contributed by atoms with Crippen molar-refractivity contribution >= 4 is 29.8 Å². The number of rotatable bonds is 13. The molecule has 2 aromatic rings. The van der Waals surface area contributed by atoms with E-state index in [2.05, 4.69) is 16.0 Å². The third-order valence-electron chi connectivity index (χ3n) is 5.53. The SMILES string of the molecule is COC(=O)c1cc(NC(=O)[C@H](CCCCCNC(=O)OCc2ccccc2)NC(=O)OC(C)(C)C)ccc1OC. The maximum atomic E-state index is 13.1. The number of anilines is 1. The number of methoxy groups -OCH3 is 2. The zero-order valence-electron chi connectivity index (χ0n) is 23.7. The first kappa shape index (κ1) is 31.9. The Bertz CT molecular complexity index is 1130. The van der Waals surface area contributed by atoms with Gasteiger partial charge in [0.2, 0.25) is 5.91 Å². The Morgan fingerprint density at radius 1 is 0.900 bits per heavy atom. The molecule has 0 unspecified atom stereocenters. The second kappa shape index (κ2) is 16.0. The van der Waals surface area contributed by atoms with Gasteiger partial charge in [0.15, 0.2) is 0 Å². The van der Waals surface area contributed by atoms with Gasteiger partial charge in [-0.25, -0.2) is 14.4 Å². The molecule has 0 aliphatic heterocycles. The molecular weight excluding hydrogens is 518 g/mol. The third kappa shape index (κ3) is 11.6. The van der Waals surface area contributed by atoms with Crippen LogP contribution in [0.25, 0.3) is 0 Å². The summed E-state index contributed by atoms with van der Waals surface area (Å²) in [5.41, 5.74) is 0.641. The van der Waals surface area contributed by atoms with Crippen molar-refractivity contribution in [3.8, 4) is 5.75 Å². The molecule has 0 aromatic heterocycles. The fourth-order valence-corrected chi connectivity index (χ4v) is 3.62. The van der Waals surface area contributed by atoms with Crippen molar-refractivity contribution in [2.45, 2.75) is 64.7 Å². The van der Waals surface area contributed by atoms with Crippen LogP contribution in [0, 0.1) is 0 Å². The Hall–Kier alpha value is -4.28. The van der Waals surface area contributed by atoms with E-state index in [1.807, 2.05) is 30.3 Å². The van der Waals surface area contributed by atoms with Gasteiger partial charge in [-0.05, 0) is 57.4 Å². The van der Waals surface area contributed by atoms with Gasteiger partial charge < -0.3 is 34.9 Å². The highest BCUT2D eigenvalue weighted by Gasteiger charge is 2.25. The van der Waals surface area contributed by atoms with Crippen LogP contribution in [-0.2, 0) is 25.6 Å². The van der Waals surface area contributed by atoms with Gasteiger partial charge in [0.05, 0.1) is 14.2 Å². The molecule has 0 aliphatic carbocycles. The number of hydrogen-bond acceptors (Lipinski definition) is 8. The van der Waals surface area contributed by atoms with Gasteiger partial charge in [-0.1, -0.05) is 43.2 Å². The molecular formula is C29H39N3O8. The molecule has 3 amide bonds. The number of esters is 1. The Labute approximate surface area is 234 Å². The normalized spacial score (nSPS) is 11.5. The predicted molar refractivity (Wildman–Crippen MR) is 149 cm³/mol. The first-order valence-electron chi connectivity index (χ1n) is 13.0. The molecule has 11 nitrogen and oxygen atoms in total. The second-order valence-electron chi connectivity index (χ2n) is 9.93. The summed E-state index contributed by atoms with van der Waals surface area (Å²) >= 11 is 0. The average Bonchev–Trinajstić information content (AvgIpc) is 2.92. The van der Waals surface area contributed by atoms with Crippen LogP contribution < -0.4 is 20.7 Å². The molecule has 40 heavy (non-hydrogen) atoms. The molecule has 218 valence electrons. The minimum Gasteiger partial charge on any atom is -0.496 e. The van der Waals surface area contributed by atoms with Crippen LogP contribution in [0.1, 0.15) is 62.4 Å². The highest BCUT2D eigenvalue weighted by atomic mass is 16.6. The highest BCUT2D eigenvalue weighted by molar-refractivity contribution is 5.99. The van der Waals surface area contributed by atoms with E-state index in [0.29, 0.717) is 43.7 Å². The van der Waals surface area contributed by atoms with Crippen LogP contribution in [-0.4, -0.2) is 56.5 Å². The van der Waals surface area contributed by atoms with Crippen molar-refractivity contribution in [3.63, 3.8) is 0 Å². The number of unbranched alkanes of at least 4 members (excludes halogenated alkanes) is 2. The minimum atomic E-state index is -0.901. The van der Waals surface area contributed by atoms with Gasteiger partial charge in [-0.15, -0.1) is 0 Å². The van der Waals surface area contributed by atoms with Crippen molar-refractivity contribution in [2.24, 2.45) is 0 Å². The molecule has 0 saturated carbocycles. The van der Waals surface area contributed by atoms with Gasteiger partial charge >= 0.3 is 18.2 Å². The third-order valence-corrected chi connectivity index (χ3v) is 5.53. The molecule has 2 rings (SSSR count). The van der Waals surface area contributed by atoms with Gasteiger partial charge in [0, 0.05) is 12.2 Å². The fourth-order valence-electron chi connectivity index (χ4n) is 3.62. The topological polar surface area (TPSA) is 141 Å². The lowest BCUT2D eigenvalue weighted by Gasteiger charge is -2.23. The largest absolute Gasteiger partial charge is 0.496 e. The maximum absolute atomic E-state index is 13.1. The number of carbonyl (C=O) groups excluding carboxylic acids is 4. The van der Waals surface area contributed by atoms with E-state index in [1.54, 1.807) is 26.8 Å². The number of benzene rings is 2. The Morgan fingerprint density at radius 3 is 2.27 bits per heavy atom. The summed E-state index contributed by atoms with van der Waals surface area (Å²) in [5, 5.41) is 8.06. The Morgan fingerprint density at radius 2 is 1.62 bits per heavy atom. The van der Waals surface area contributed by atoms with Crippen LogP contribution in [0.5, 0.6) is 5.75 Å². The summed E-state index contributed by atoms with van der Waals surface area (Å²) in [7, 11) is 2.67. The number of hydrogen-bond donors (Lipinski definition) is 3. The van der Waals surface area contributed by atoms with E-state index >= 15 is 0 Å². The number of amides is 3. The number of ether oxygens (including phenoxy) is 4. The van der Waals surface area contributed by atoms with Crippen LogP contribution in [0.2, 0.25) is 0 Å². The lowest BCUT2D eigenvalue weighted by Crippen LogP contribution is -2.45. The summed E-state index contributed by atoms with van der Waals surface area (Å²) in [5.74, 6) is -0.797. The van der Waals surface area contributed by atoms with Crippen molar-refractivity contribution in [3.05, 3.63) is 59.7 Å². The van der Waals surface area contributed by atoms with E-state index in [4.69, 9.17) is 18.9 Å². The summed E-state index contributed by atoms with van der Waals surface area (Å²) in [6.45, 7) is 5.78. The van der Waals surface area contributed by atoms with Crippen LogP contribution >= 0.6 is 0 Å². The smallest absolute Gasteiger partial charge is 0.408 e. The summed E-state index contributed by atoms with van der Waals surface area (Å²) < 4.78 is 20.5. The van der Waals surface area contributed by atoms with Gasteiger partial charge in [0.25, 0.3) is 0 Å². The van der Waals surface area contributed by atoms with E-state index in [-0.39, 0.29) is 12.2 Å². The van der Waals surface area contributed by atoms with E-state index in [0.717, 1.165) is 5.56 Å². The summed E-state index contributed by atoms with van der Waals surface area (Å²) in [6, 6.07) is 13.0. The van der Waals surface area contributed by atoms with Crippen molar-refractivity contribution in [1.29, 1.82) is 0 Å². The van der Waals surface area contributed by atoms with E-state index in [9.17, 15) is 19.2 Å². The van der Waals surface area contributed by atoms with Crippen LogP contribution in [0.4, 0.5) is 15.3 Å². The molecule has 0 saturated heterocycles. The number of nitrogens with one attached hydrogen (secondary N) is 3. The highest BCUT2D eigenvalue weighted by Crippen LogP contribution is 2.24. The predicted octanol–water partition coefficient (Wildman–Crippen LogP) is 4.80. The minimum absolute atomic E-state index is 0.147. The molecule has 3 N–H and O–H groups in total. The molecule has 11 heteroatoms. The first-order chi connectivity index (χ1) is 19.0. The lowest BCUT2D eigenvalue weighted by atomic mass is 10.1. The summed E-state index contributed by atoms with van der Waals surface area (Å²) in [4.78, 5) is 49.5. The zero-order chi connectivity index (χ0) is 29.5. The molecule has 0 aliphatic rings. The summed E-state index contributed by atoms with van der Waals surface area (Å²) in [6.07, 6.45) is 1.03. The molecule has 0 radical (unpaired) electrons. The molecule has 2 aromatic carbocycles. The molecule has 0 spiro atoms. The molecule has 0 fully saturated rings. The first-order valence-corrected chi connectivity index (χ1v) is 13.0. The van der Waals surface area contributed by atoms with Crippen molar-refractivity contribution in [2.75, 3.05) is 26.1 Å². The Balaban J connectivity index is 1.90. The quantitative estimate of drug-likeness (QED) is 0.181. The molecule has 0 heterocycles. The lowest BCUT2D eigenvalue weighted by molar-refractivity contribution is -0.118. The zero-order valence-corrected chi connectivity index (χ0v) is 23.7. The Kier molecular flexibility index (Phi) is 12.7. The number of carbonyl (C=O) groups is 4. The van der Waals surface area contributed by atoms with Crippen LogP contribution in [0.3, 0.4) is 0 Å². The fraction of sp³-hybridized carbons (Fsp3) is 0.448. The second-order valence-corrected chi connectivity index (χ2v) is 9.93. The average molecular weight is 558 g/mol. The van der Waals surface area contributed by atoms with Crippen LogP contribution in [0.15, 0.2) is 48.5 Å². The number of alkyl carbamates (subject to hydrolysis) is 2. The monoisotopic (exact) mass is 557 g/mol. The van der Waals surface area contributed by atoms with E-state index in [1.165, 1.54) is 26.4 Å².